The molecule has 9 heteroatoms. The molecule has 1 rings (SSSR count). The first kappa shape index (κ1) is 16.4. The van der Waals surface area contributed by atoms with Gasteiger partial charge in [0.25, 0.3) is 11.6 Å². The lowest BCUT2D eigenvalue weighted by atomic mass is 10.1. The molecule has 1 aromatic rings. The maximum Gasteiger partial charge on any atom is 0.337 e. The van der Waals surface area contributed by atoms with Crippen LogP contribution >= 0.6 is 0 Å². The van der Waals surface area contributed by atoms with Crippen LogP contribution in [0, 0.1) is 10.1 Å². The standard InChI is InChI=1S/C12H14N2O7/c1-12(18,11(16)17)7-13-10(15)6-21-9-4-2-8(3-5-9)14(19)20/h2-5,18H,6-7H2,1H3,(H,13,15)(H,16,17). The molecular weight excluding hydrogens is 284 g/mol. The Morgan fingerprint density at radius 2 is 1.95 bits per heavy atom. The Kier molecular flexibility index (Phi) is 5.19. The number of nitrogens with one attached hydrogen (secondary N) is 1. The molecule has 0 fully saturated rings. The molecule has 0 heterocycles. The first-order chi connectivity index (χ1) is 9.72. The van der Waals surface area contributed by atoms with E-state index in [4.69, 9.17) is 9.84 Å². The fraction of sp³-hybridized carbons (Fsp3) is 0.333. The van der Waals surface area contributed by atoms with Gasteiger partial charge in [0.15, 0.2) is 12.2 Å². The van der Waals surface area contributed by atoms with E-state index in [1.54, 1.807) is 0 Å². The van der Waals surface area contributed by atoms with Gasteiger partial charge in [0, 0.05) is 12.1 Å². The van der Waals surface area contributed by atoms with Crippen LogP contribution in [0.2, 0.25) is 0 Å². The molecule has 0 radical (unpaired) electrons. The van der Waals surface area contributed by atoms with E-state index in [1.807, 2.05) is 0 Å². The number of hydrogen-bond acceptors (Lipinski definition) is 6. The number of amides is 1. The molecular formula is C12H14N2O7. The number of carboxylic acids is 1. The Morgan fingerprint density at radius 1 is 1.38 bits per heavy atom. The van der Waals surface area contributed by atoms with Gasteiger partial charge in [-0.2, -0.15) is 0 Å². The third-order valence-corrected chi connectivity index (χ3v) is 2.51. The van der Waals surface area contributed by atoms with Crippen molar-refractivity contribution in [3.63, 3.8) is 0 Å². The highest BCUT2D eigenvalue weighted by Gasteiger charge is 2.30. The summed E-state index contributed by atoms with van der Waals surface area (Å²) >= 11 is 0. The highest BCUT2D eigenvalue weighted by molar-refractivity contribution is 5.80. The number of non-ortho nitro benzene ring substituents is 1. The summed E-state index contributed by atoms with van der Waals surface area (Å²) in [6.45, 7) is 0.172. The molecule has 0 saturated heterocycles. The quantitative estimate of drug-likeness (QED) is 0.472. The Labute approximate surface area is 119 Å². The average molecular weight is 298 g/mol. The molecule has 0 aromatic heterocycles. The summed E-state index contributed by atoms with van der Waals surface area (Å²) in [4.78, 5) is 31.9. The normalized spacial score (nSPS) is 13.0. The van der Waals surface area contributed by atoms with E-state index in [9.17, 15) is 24.8 Å². The van der Waals surface area contributed by atoms with Crippen molar-refractivity contribution >= 4 is 17.6 Å². The number of aliphatic carboxylic acids is 1. The Balaban J connectivity index is 2.43. The Morgan fingerprint density at radius 3 is 2.43 bits per heavy atom. The number of carbonyl (C=O) groups is 2. The van der Waals surface area contributed by atoms with Crippen molar-refractivity contribution in [2.45, 2.75) is 12.5 Å². The van der Waals surface area contributed by atoms with Crippen LogP contribution in [-0.4, -0.2) is 45.8 Å². The minimum absolute atomic E-state index is 0.107. The predicted octanol–water partition coefficient (Wildman–Crippen LogP) is -0.0746. The van der Waals surface area contributed by atoms with Crippen molar-refractivity contribution in [1.29, 1.82) is 0 Å². The molecule has 1 unspecified atom stereocenters. The molecule has 21 heavy (non-hydrogen) atoms. The van der Waals surface area contributed by atoms with Gasteiger partial charge in [-0.1, -0.05) is 0 Å². The van der Waals surface area contributed by atoms with Crippen LogP contribution in [0.4, 0.5) is 5.69 Å². The first-order valence-corrected chi connectivity index (χ1v) is 5.82. The van der Waals surface area contributed by atoms with E-state index >= 15 is 0 Å². The Bertz CT molecular complexity index is 539. The number of aliphatic hydroxyl groups is 1. The molecule has 9 nitrogen and oxygen atoms in total. The summed E-state index contributed by atoms with van der Waals surface area (Å²) in [7, 11) is 0. The maximum atomic E-state index is 11.4. The second kappa shape index (κ2) is 6.66. The topological polar surface area (TPSA) is 139 Å². The van der Waals surface area contributed by atoms with E-state index in [0.717, 1.165) is 6.92 Å². The van der Waals surface area contributed by atoms with Gasteiger partial charge >= 0.3 is 5.97 Å². The molecule has 0 aliphatic rings. The van der Waals surface area contributed by atoms with Gasteiger partial charge in [-0.3, -0.25) is 14.9 Å². The fourth-order valence-electron chi connectivity index (χ4n) is 1.21. The van der Waals surface area contributed by atoms with Gasteiger partial charge in [0.05, 0.1) is 11.5 Å². The number of carboxylic acid groups (broad SMARTS) is 1. The van der Waals surface area contributed by atoms with Crippen LogP contribution in [0.5, 0.6) is 5.75 Å². The summed E-state index contributed by atoms with van der Waals surface area (Å²) in [6, 6.07) is 5.11. The highest BCUT2D eigenvalue weighted by Crippen LogP contribution is 2.17. The van der Waals surface area contributed by atoms with Gasteiger partial charge < -0.3 is 20.3 Å². The molecule has 1 amide bonds. The van der Waals surface area contributed by atoms with Gasteiger partial charge in [-0.05, 0) is 19.1 Å². The minimum atomic E-state index is -2.07. The van der Waals surface area contributed by atoms with E-state index in [0.29, 0.717) is 0 Å². The summed E-state index contributed by atoms with van der Waals surface area (Å²) in [6.07, 6.45) is 0. The zero-order chi connectivity index (χ0) is 16.0. The van der Waals surface area contributed by atoms with Crippen molar-refractivity contribution in [3.05, 3.63) is 34.4 Å². The summed E-state index contributed by atoms with van der Waals surface area (Å²) < 4.78 is 5.06. The Hall–Kier alpha value is -2.68. The minimum Gasteiger partial charge on any atom is -0.484 e. The number of nitro benzene ring substituents is 1. The number of nitrogens with zero attached hydrogens (tertiary/aromatic N) is 1. The van der Waals surface area contributed by atoms with Crippen molar-refractivity contribution in [2.24, 2.45) is 0 Å². The zero-order valence-corrected chi connectivity index (χ0v) is 11.1. The molecule has 1 aromatic carbocycles. The highest BCUT2D eigenvalue weighted by atomic mass is 16.6. The summed E-state index contributed by atoms with van der Waals surface area (Å²) in [5.74, 6) is -1.84. The molecule has 0 aliphatic carbocycles. The van der Waals surface area contributed by atoms with Gasteiger partial charge in [0.2, 0.25) is 0 Å². The van der Waals surface area contributed by atoms with Gasteiger partial charge in [0.1, 0.15) is 5.75 Å². The molecule has 0 saturated carbocycles. The molecule has 3 N–H and O–H groups in total. The van der Waals surface area contributed by atoms with Crippen LogP contribution in [-0.2, 0) is 9.59 Å². The third kappa shape index (κ3) is 5.07. The monoisotopic (exact) mass is 298 g/mol. The van der Waals surface area contributed by atoms with Crippen LogP contribution in [0.1, 0.15) is 6.92 Å². The number of benzene rings is 1. The summed E-state index contributed by atoms with van der Waals surface area (Å²) in [5.41, 5.74) is -2.17. The van der Waals surface area contributed by atoms with Crippen LogP contribution in [0.25, 0.3) is 0 Å². The number of ether oxygens (including phenoxy) is 1. The summed E-state index contributed by atoms with van der Waals surface area (Å²) in [5, 5.41) is 30.7. The predicted molar refractivity (Wildman–Crippen MR) is 69.9 cm³/mol. The van der Waals surface area contributed by atoms with Crippen molar-refractivity contribution < 1.29 is 29.5 Å². The SMILES string of the molecule is CC(O)(CNC(=O)COc1ccc([N+](=O)[O-])cc1)C(=O)O. The van der Waals surface area contributed by atoms with Crippen LogP contribution in [0.3, 0.4) is 0 Å². The van der Waals surface area contributed by atoms with E-state index < -0.39 is 35.6 Å². The van der Waals surface area contributed by atoms with Gasteiger partial charge in [-0.25, -0.2) is 4.79 Å². The lowest BCUT2D eigenvalue weighted by Gasteiger charge is -2.18. The molecule has 114 valence electrons. The third-order valence-electron chi connectivity index (χ3n) is 2.51. The van der Waals surface area contributed by atoms with E-state index in [1.165, 1.54) is 24.3 Å². The van der Waals surface area contributed by atoms with Crippen molar-refractivity contribution in [1.82, 2.24) is 5.32 Å². The fourth-order valence-corrected chi connectivity index (χ4v) is 1.21. The maximum absolute atomic E-state index is 11.4. The first-order valence-electron chi connectivity index (χ1n) is 5.82. The number of nitro groups is 1. The van der Waals surface area contributed by atoms with E-state index in [-0.39, 0.29) is 11.4 Å². The molecule has 0 aliphatic heterocycles. The second-order valence-corrected chi connectivity index (χ2v) is 4.40. The lowest BCUT2D eigenvalue weighted by molar-refractivity contribution is -0.384. The largest absolute Gasteiger partial charge is 0.484 e. The van der Waals surface area contributed by atoms with Crippen LogP contribution in [0.15, 0.2) is 24.3 Å². The van der Waals surface area contributed by atoms with Crippen molar-refractivity contribution in [3.8, 4) is 5.75 Å². The lowest BCUT2D eigenvalue weighted by Crippen LogP contribution is -2.47. The molecule has 1 atom stereocenters. The molecule has 0 spiro atoms. The number of carbonyl (C=O) groups excluding carboxylic acids is 1. The van der Waals surface area contributed by atoms with Crippen molar-refractivity contribution in [2.75, 3.05) is 13.2 Å². The number of rotatable bonds is 7. The average Bonchev–Trinajstić information content (AvgIpc) is 2.43. The molecule has 0 bridgehead atoms. The zero-order valence-electron chi connectivity index (χ0n) is 11.1. The second-order valence-electron chi connectivity index (χ2n) is 4.40. The smallest absolute Gasteiger partial charge is 0.337 e. The van der Waals surface area contributed by atoms with Gasteiger partial charge in [-0.15, -0.1) is 0 Å². The number of hydrogen-bond donors (Lipinski definition) is 3. The van der Waals surface area contributed by atoms with Crippen LogP contribution < -0.4 is 10.1 Å². The van der Waals surface area contributed by atoms with E-state index in [2.05, 4.69) is 5.32 Å².